The van der Waals surface area contributed by atoms with Crippen molar-refractivity contribution in [2.24, 2.45) is 10.9 Å². The number of hydrogen-bond donors (Lipinski definition) is 2. The maximum absolute atomic E-state index is 11.6. The highest BCUT2D eigenvalue weighted by atomic mass is 127. The molecule has 0 aliphatic carbocycles. The topological polar surface area (TPSA) is 56.7 Å². The van der Waals surface area contributed by atoms with E-state index in [1.165, 1.54) is 12.8 Å². The zero-order valence-electron chi connectivity index (χ0n) is 16.3. The van der Waals surface area contributed by atoms with Gasteiger partial charge in [-0.25, -0.2) is 4.99 Å². The van der Waals surface area contributed by atoms with Crippen molar-refractivity contribution in [2.75, 3.05) is 25.0 Å². The predicted octanol–water partition coefficient (Wildman–Crippen LogP) is 4.24. The molecule has 26 heavy (non-hydrogen) atoms. The van der Waals surface area contributed by atoms with E-state index in [2.05, 4.69) is 29.4 Å². The Balaban J connectivity index is 0.00000338. The van der Waals surface area contributed by atoms with Crippen LogP contribution < -0.4 is 10.6 Å². The summed E-state index contributed by atoms with van der Waals surface area (Å²) in [5, 5.41) is 6.33. The second-order valence-corrected chi connectivity index (χ2v) is 6.86. The summed E-state index contributed by atoms with van der Waals surface area (Å²) in [5.74, 6) is 1.81. The number of rotatable bonds is 6. The first-order valence-electron chi connectivity index (χ1n) is 9.54. The minimum Gasteiger partial charge on any atom is -0.357 e. The van der Waals surface area contributed by atoms with Gasteiger partial charge in [0.25, 0.3) is 0 Å². The molecule has 2 rings (SSSR count). The van der Waals surface area contributed by atoms with E-state index in [4.69, 9.17) is 4.99 Å². The van der Waals surface area contributed by atoms with Crippen molar-refractivity contribution in [3.63, 3.8) is 0 Å². The number of anilines is 1. The number of aliphatic imine (C=N–C) groups is 1. The maximum atomic E-state index is 11.6. The van der Waals surface area contributed by atoms with Crippen LogP contribution in [0.4, 0.5) is 5.69 Å². The number of halogens is 1. The third kappa shape index (κ3) is 7.51. The van der Waals surface area contributed by atoms with Crippen molar-refractivity contribution in [3.05, 3.63) is 29.8 Å². The third-order valence-electron chi connectivity index (χ3n) is 4.42. The molecule has 1 amide bonds. The van der Waals surface area contributed by atoms with Gasteiger partial charge in [0.2, 0.25) is 5.91 Å². The average molecular weight is 472 g/mol. The van der Waals surface area contributed by atoms with Crippen LogP contribution in [0.3, 0.4) is 0 Å². The van der Waals surface area contributed by atoms with Crippen molar-refractivity contribution in [1.82, 2.24) is 10.2 Å². The van der Waals surface area contributed by atoms with Gasteiger partial charge < -0.3 is 15.5 Å². The molecule has 1 fully saturated rings. The molecule has 146 valence electrons. The Bertz CT molecular complexity index is 574. The zero-order valence-corrected chi connectivity index (χ0v) is 18.6. The third-order valence-corrected chi connectivity index (χ3v) is 4.42. The quantitative estimate of drug-likeness (QED) is 0.370. The molecule has 0 spiro atoms. The van der Waals surface area contributed by atoms with Gasteiger partial charge in [-0.3, -0.25) is 4.79 Å². The molecule has 5 nitrogen and oxygen atoms in total. The standard InChI is InChI=1S/C20H32N4O.HI/c1-4-7-19(25)23-18-11-9-17(10-12-18)14-22-20(21-5-2)24-13-6-8-16(3)15-24;/h9-12,16H,4-8,13-15H2,1-3H3,(H,21,22)(H,23,25);1H. The molecule has 0 saturated carbocycles. The van der Waals surface area contributed by atoms with E-state index in [1.807, 2.05) is 31.2 Å². The van der Waals surface area contributed by atoms with Crippen LogP contribution in [0.1, 0.15) is 52.0 Å². The molecule has 6 heteroatoms. The van der Waals surface area contributed by atoms with E-state index in [9.17, 15) is 4.79 Å². The second-order valence-electron chi connectivity index (χ2n) is 6.86. The van der Waals surface area contributed by atoms with Gasteiger partial charge in [-0.2, -0.15) is 0 Å². The number of nitrogens with zero attached hydrogens (tertiary/aromatic N) is 2. The lowest BCUT2D eigenvalue weighted by Gasteiger charge is -2.33. The molecule has 1 saturated heterocycles. The highest BCUT2D eigenvalue weighted by molar-refractivity contribution is 14.0. The molecule has 2 N–H and O–H groups in total. The number of benzene rings is 1. The molecule has 0 aromatic heterocycles. The fourth-order valence-corrected chi connectivity index (χ4v) is 3.12. The molecule has 1 aromatic carbocycles. The van der Waals surface area contributed by atoms with E-state index in [0.717, 1.165) is 49.2 Å². The minimum absolute atomic E-state index is 0. The van der Waals surface area contributed by atoms with Crippen molar-refractivity contribution >= 4 is 41.5 Å². The second kappa shape index (κ2) is 12.1. The van der Waals surface area contributed by atoms with Gasteiger partial charge in [0.05, 0.1) is 6.54 Å². The Morgan fingerprint density at radius 2 is 2.00 bits per heavy atom. The molecule has 0 radical (unpaired) electrons. The number of amides is 1. The zero-order chi connectivity index (χ0) is 18.1. The molecular weight excluding hydrogens is 439 g/mol. The normalized spacial score (nSPS) is 17.4. The summed E-state index contributed by atoms with van der Waals surface area (Å²) in [5.41, 5.74) is 2.00. The first-order chi connectivity index (χ1) is 12.1. The predicted molar refractivity (Wildman–Crippen MR) is 120 cm³/mol. The van der Waals surface area contributed by atoms with E-state index in [-0.39, 0.29) is 29.9 Å². The van der Waals surface area contributed by atoms with Gasteiger partial charge in [-0.05, 0) is 49.8 Å². The summed E-state index contributed by atoms with van der Waals surface area (Å²) in [6.45, 7) is 10.1. The van der Waals surface area contributed by atoms with E-state index in [0.29, 0.717) is 13.0 Å². The average Bonchev–Trinajstić information content (AvgIpc) is 2.60. The fourth-order valence-electron chi connectivity index (χ4n) is 3.12. The smallest absolute Gasteiger partial charge is 0.224 e. The molecule has 1 heterocycles. The molecular formula is C20H33IN4O. The molecule has 0 bridgehead atoms. The van der Waals surface area contributed by atoms with Crippen LogP contribution in [0.25, 0.3) is 0 Å². The number of guanidine groups is 1. The van der Waals surface area contributed by atoms with Crippen LogP contribution in [0.5, 0.6) is 0 Å². The molecule has 1 unspecified atom stereocenters. The van der Waals surface area contributed by atoms with E-state index < -0.39 is 0 Å². The fraction of sp³-hybridized carbons (Fsp3) is 0.600. The molecule has 1 atom stereocenters. The van der Waals surface area contributed by atoms with Crippen molar-refractivity contribution < 1.29 is 4.79 Å². The lowest BCUT2D eigenvalue weighted by molar-refractivity contribution is -0.116. The maximum Gasteiger partial charge on any atom is 0.224 e. The Hall–Kier alpha value is -1.31. The van der Waals surface area contributed by atoms with Gasteiger partial charge in [-0.15, -0.1) is 24.0 Å². The van der Waals surface area contributed by atoms with Gasteiger partial charge >= 0.3 is 0 Å². The largest absolute Gasteiger partial charge is 0.357 e. The van der Waals surface area contributed by atoms with Crippen LogP contribution in [0.15, 0.2) is 29.3 Å². The Labute approximate surface area is 175 Å². The lowest BCUT2D eigenvalue weighted by atomic mass is 10.0. The van der Waals surface area contributed by atoms with Crippen LogP contribution in [0.2, 0.25) is 0 Å². The lowest BCUT2D eigenvalue weighted by Crippen LogP contribution is -2.46. The van der Waals surface area contributed by atoms with Crippen LogP contribution in [-0.2, 0) is 11.3 Å². The van der Waals surface area contributed by atoms with Crippen LogP contribution >= 0.6 is 24.0 Å². The molecule has 1 aliphatic heterocycles. The number of hydrogen-bond acceptors (Lipinski definition) is 2. The van der Waals surface area contributed by atoms with Crippen molar-refractivity contribution in [3.8, 4) is 0 Å². The van der Waals surface area contributed by atoms with Gasteiger partial charge in [-0.1, -0.05) is 26.0 Å². The van der Waals surface area contributed by atoms with E-state index >= 15 is 0 Å². The summed E-state index contributed by atoms with van der Waals surface area (Å²) < 4.78 is 0. The summed E-state index contributed by atoms with van der Waals surface area (Å²) in [7, 11) is 0. The summed E-state index contributed by atoms with van der Waals surface area (Å²) >= 11 is 0. The molecule has 1 aliphatic rings. The first-order valence-corrected chi connectivity index (χ1v) is 9.54. The summed E-state index contributed by atoms with van der Waals surface area (Å²) in [4.78, 5) is 18.8. The number of piperidine rings is 1. The Kier molecular flexibility index (Phi) is 10.6. The first kappa shape index (κ1) is 22.7. The Morgan fingerprint density at radius 1 is 1.27 bits per heavy atom. The highest BCUT2D eigenvalue weighted by Gasteiger charge is 2.18. The SMILES string of the molecule is CCCC(=O)Nc1ccc(CN=C(NCC)N2CCCC(C)C2)cc1.I. The number of carbonyl (C=O) groups is 1. The van der Waals surface area contributed by atoms with Gasteiger partial charge in [0.1, 0.15) is 0 Å². The summed E-state index contributed by atoms with van der Waals surface area (Å²) in [6, 6.07) is 7.98. The van der Waals surface area contributed by atoms with Gasteiger partial charge in [0, 0.05) is 31.7 Å². The van der Waals surface area contributed by atoms with E-state index in [1.54, 1.807) is 0 Å². The Morgan fingerprint density at radius 3 is 2.62 bits per heavy atom. The monoisotopic (exact) mass is 472 g/mol. The summed E-state index contributed by atoms with van der Waals surface area (Å²) in [6.07, 6.45) is 3.96. The number of nitrogens with one attached hydrogen (secondary N) is 2. The van der Waals surface area contributed by atoms with Crippen LogP contribution in [-0.4, -0.2) is 36.4 Å². The van der Waals surface area contributed by atoms with Gasteiger partial charge in [0.15, 0.2) is 5.96 Å². The van der Waals surface area contributed by atoms with Crippen LogP contribution in [0, 0.1) is 5.92 Å². The van der Waals surface area contributed by atoms with Crippen molar-refractivity contribution in [2.45, 2.75) is 53.0 Å². The number of carbonyl (C=O) groups excluding carboxylic acids is 1. The number of likely N-dealkylation sites (tertiary alicyclic amines) is 1. The minimum atomic E-state index is 0. The van der Waals surface area contributed by atoms with Crippen molar-refractivity contribution in [1.29, 1.82) is 0 Å². The molecule has 1 aromatic rings. The highest BCUT2D eigenvalue weighted by Crippen LogP contribution is 2.16.